The zero-order chi connectivity index (χ0) is 22.1. The molecule has 7 nitrogen and oxygen atoms in total. The first kappa shape index (κ1) is 21.3. The number of carbonyl (C=O) groups is 2. The van der Waals surface area contributed by atoms with E-state index >= 15 is 0 Å². The van der Waals surface area contributed by atoms with Gasteiger partial charge in [0.15, 0.2) is 11.5 Å². The number of phenols is 1. The highest BCUT2D eigenvalue weighted by molar-refractivity contribution is 6.05. The van der Waals surface area contributed by atoms with Crippen molar-refractivity contribution >= 4 is 24.1 Å². The van der Waals surface area contributed by atoms with Crippen LogP contribution < -0.4 is 15.5 Å². The fraction of sp³-hybridized carbons (Fsp3) is 0.0417. The molecule has 3 N–H and O–H groups in total. The molecule has 0 unspecified atom stereocenters. The first-order valence-corrected chi connectivity index (χ1v) is 9.41. The second-order valence-electron chi connectivity index (χ2n) is 6.39. The van der Waals surface area contributed by atoms with Gasteiger partial charge in [0.25, 0.3) is 11.8 Å². The van der Waals surface area contributed by atoms with Gasteiger partial charge in [-0.05, 0) is 35.9 Å². The number of carbonyl (C=O) groups excluding carboxylic acids is 2. The van der Waals surface area contributed by atoms with E-state index in [4.69, 9.17) is 4.74 Å². The molecule has 3 aromatic rings. The number of phenolic OH excluding ortho intramolecular Hbond substituents is 1. The van der Waals surface area contributed by atoms with E-state index in [0.29, 0.717) is 11.1 Å². The van der Waals surface area contributed by atoms with Crippen molar-refractivity contribution in [2.24, 2.45) is 5.10 Å². The Morgan fingerprint density at radius 2 is 1.61 bits per heavy atom. The lowest BCUT2D eigenvalue weighted by molar-refractivity contribution is -0.117. The SMILES string of the molecule is COc1cccc(/C=N\NC(=O)/C(=C/c2ccccc2)NC(=O)c2ccccc2)c1O. The second kappa shape index (κ2) is 10.4. The number of nitrogens with one attached hydrogen (secondary N) is 2. The number of amides is 2. The highest BCUT2D eigenvalue weighted by Crippen LogP contribution is 2.27. The van der Waals surface area contributed by atoms with Crippen LogP contribution in [0.4, 0.5) is 0 Å². The quantitative estimate of drug-likeness (QED) is 0.313. The molecule has 2 amide bonds. The largest absolute Gasteiger partial charge is 0.504 e. The standard InChI is InChI=1S/C24H21N3O4/c1-31-21-14-8-13-19(22(21)28)16-25-27-24(30)20(15-17-9-4-2-5-10-17)26-23(29)18-11-6-3-7-12-18/h2-16,28H,1H3,(H,26,29)(H,27,30)/b20-15-,25-16-. The summed E-state index contributed by atoms with van der Waals surface area (Å²) in [6.45, 7) is 0. The topological polar surface area (TPSA) is 100 Å². The number of hydrogen-bond acceptors (Lipinski definition) is 5. The fourth-order valence-corrected chi connectivity index (χ4v) is 2.69. The van der Waals surface area contributed by atoms with Crippen LogP contribution in [0.5, 0.6) is 11.5 Å². The van der Waals surface area contributed by atoms with Crippen LogP contribution in [0.1, 0.15) is 21.5 Å². The molecule has 3 rings (SSSR count). The summed E-state index contributed by atoms with van der Waals surface area (Å²) in [5, 5.41) is 16.6. The van der Waals surface area contributed by atoms with Gasteiger partial charge in [-0.25, -0.2) is 5.43 Å². The molecule has 7 heteroatoms. The molecular formula is C24H21N3O4. The highest BCUT2D eigenvalue weighted by Gasteiger charge is 2.14. The van der Waals surface area contributed by atoms with E-state index in [1.165, 1.54) is 13.3 Å². The summed E-state index contributed by atoms with van der Waals surface area (Å²) in [7, 11) is 1.44. The van der Waals surface area contributed by atoms with Crippen molar-refractivity contribution in [3.05, 3.63) is 101 Å². The number of nitrogens with zero attached hydrogens (tertiary/aromatic N) is 1. The van der Waals surface area contributed by atoms with E-state index < -0.39 is 11.8 Å². The Hall–Kier alpha value is -4.39. The zero-order valence-corrected chi connectivity index (χ0v) is 16.8. The lowest BCUT2D eigenvalue weighted by atomic mass is 10.1. The molecular weight excluding hydrogens is 394 g/mol. The summed E-state index contributed by atoms with van der Waals surface area (Å²) in [6.07, 6.45) is 2.84. The Labute approximate surface area is 179 Å². The Kier molecular flexibility index (Phi) is 7.16. The molecule has 156 valence electrons. The summed E-state index contributed by atoms with van der Waals surface area (Å²) in [5.74, 6) is -0.852. The number of hydrazone groups is 1. The number of ether oxygens (including phenoxy) is 1. The van der Waals surface area contributed by atoms with Crippen LogP contribution in [0, 0.1) is 0 Å². The van der Waals surface area contributed by atoms with Crippen LogP contribution in [-0.2, 0) is 4.79 Å². The lowest BCUT2D eigenvalue weighted by Gasteiger charge is -2.09. The number of aromatic hydroxyl groups is 1. The Bertz CT molecular complexity index is 1110. The maximum atomic E-state index is 12.7. The molecule has 0 heterocycles. The average Bonchev–Trinajstić information content (AvgIpc) is 2.81. The third kappa shape index (κ3) is 5.80. The molecule has 0 fully saturated rings. The maximum absolute atomic E-state index is 12.7. The summed E-state index contributed by atoms with van der Waals surface area (Å²) in [4.78, 5) is 25.3. The number of para-hydroxylation sites is 1. The molecule has 0 aromatic heterocycles. The summed E-state index contributed by atoms with van der Waals surface area (Å²) in [5.41, 5.74) is 3.90. The molecule has 0 saturated heterocycles. The van der Waals surface area contributed by atoms with Gasteiger partial charge in [-0.3, -0.25) is 9.59 Å². The van der Waals surface area contributed by atoms with Crippen molar-refractivity contribution in [3.8, 4) is 11.5 Å². The minimum atomic E-state index is -0.619. The highest BCUT2D eigenvalue weighted by atomic mass is 16.5. The van der Waals surface area contributed by atoms with Gasteiger partial charge in [-0.1, -0.05) is 54.6 Å². The van der Waals surface area contributed by atoms with Gasteiger partial charge < -0.3 is 15.2 Å². The predicted molar refractivity (Wildman–Crippen MR) is 119 cm³/mol. The van der Waals surface area contributed by atoms with Crippen LogP contribution in [0.15, 0.2) is 89.7 Å². The van der Waals surface area contributed by atoms with E-state index in [-0.39, 0.29) is 17.2 Å². The fourth-order valence-electron chi connectivity index (χ4n) is 2.69. The number of benzene rings is 3. The minimum Gasteiger partial charge on any atom is -0.504 e. The molecule has 0 saturated carbocycles. The third-order valence-electron chi connectivity index (χ3n) is 4.26. The van der Waals surface area contributed by atoms with E-state index in [9.17, 15) is 14.7 Å². The van der Waals surface area contributed by atoms with Gasteiger partial charge in [0.2, 0.25) is 0 Å². The second-order valence-corrected chi connectivity index (χ2v) is 6.39. The van der Waals surface area contributed by atoms with Crippen molar-refractivity contribution in [1.82, 2.24) is 10.7 Å². The van der Waals surface area contributed by atoms with Crippen molar-refractivity contribution < 1.29 is 19.4 Å². The number of hydrogen-bond donors (Lipinski definition) is 3. The van der Waals surface area contributed by atoms with Crippen molar-refractivity contribution in [2.75, 3.05) is 7.11 Å². The molecule has 0 aliphatic carbocycles. The van der Waals surface area contributed by atoms with Crippen LogP contribution in [0.25, 0.3) is 6.08 Å². The molecule has 0 aliphatic rings. The Balaban J connectivity index is 1.79. The molecule has 0 bridgehead atoms. The normalized spacial score (nSPS) is 11.2. The van der Waals surface area contributed by atoms with E-state index in [2.05, 4.69) is 15.8 Å². The van der Waals surface area contributed by atoms with E-state index in [1.54, 1.807) is 66.7 Å². The minimum absolute atomic E-state index is 0.0204. The monoisotopic (exact) mass is 415 g/mol. The molecule has 0 radical (unpaired) electrons. The molecule has 31 heavy (non-hydrogen) atoms. The van der Waals surface area contributed by atoms with Gasteiger partial charge >= 0.3 is 0 Å². The molecule has 0 aliphatic heterocycles. The maximum Gasteiger partial charge on any atom is 0.287 e. The van der Waals surface area contributed by atoms with E-state index in [1.807, 2.05) is 18.2 Å². The summed E-state index contributed by atoms with van der Waals surface area (Å²) < 4.78 is 5.05. The van der Waals surface area contributed by atoms with Gasteiger partial charge in [0, 0.05) is 11.1 Å². The van der Waals surface area contributed by atoms with Crippen molar-refractivity contribution in [3.63, 3.8) is 0 Å². The van der Waals surface area contributed by atoms with Gasteiger partial charge in [0.1, 0.15) is 5.70 Å². The van der Waals surface area contributed by atoms with Crippen molar-refractivity contribution in [2.45, 2.75) is 0 Å². The van der Waals surface area contributed by atoms with Gasteiger partial charge in [0.05, 0.1) is 13.3 Å². The first-order chi connectivity index (χ1) is 15.1. The number of rotatable bonds is 7. The lowest BCUT2D eigenvalue weighted by Crippen LogP contribution is -2.32. The average molecular weight is 415 g/mol. The molecule has 3 aromatic carbocycles. The smallest absolute Gasteiger partial charge is 0.287 e. The first-order valence-electron chi connectivity index (χ1n) is 9.41. The Morgan fingerprint density at radius 1 is 0.935 bits per heavy atom. The zero-order valence-electron chi connectivity index (χ0n) is 16.8. The van der Waals surface area contributed by atoms with Crippen LogP contribution in [-0.4, -0.2) is 30.2 Å². The molecule has 0 atom stereocenters. The summed E-state index contributed by atoms with van der Waals surface area (Å²) >= 11 is 0. The number of methoxy groups -OCH3 is 1. The van der Waals surface area contributed by atoms with Crippen LogP contribution >= 0.6 is 0 Å². The van der Waals surface area contributed by atoms with Crippen LogP contribution in [0.2, 0.25) is 0 Å². The third-order valence-corrected chi connectivity index (χ3v) is 4.26. The predicted octanol–water partition coefficient (Wildman–Crippen LogP) is 3.32. The van der Waals surface area contributed by atoms with E-state index in [0.717, 1.165) is 5.56 Å². The Morgan fingerprint density at radius 3 is 2.29 bits per heavy atom. The van der Waals surface area contributed by atoms with Crippen molar-refractivity contribution in [1.29, 1.82) is 0 Å². The van der Waals surface area contributed by atoms with Gasteiger partial charge in [-0.15, -0.1) is 0 Å². The van der Waals surface area contributed by atoms with Crippen LogP contribution in [0.3, 0.4) is 0 Å². The molecule has 0 spiro atoms. The van der Waals surface area contributed by atoms with Gasteiger partial charge in [-0.2, -0.15) is 5.10 Å². The summed E-state index contributed by atoms with van der Waals surface area (Å²) in [6, 6.07) is 22.6.